The Labute approximate surface area is 108 Å². The van der Waals surface area contributed by atoms with Crippen LogP contribution in [0.2, 0.25) is 5.02 Å². The van der Waals surface area contributed by atoms with Gasteiger partial charge in [-0.1, -0.05) is 36.2 Å². The van der Waals surface area contributed by atoms with Gasteiger partial charge in [-0.05, 0) is 49.0 Å². The third-order valence-corrected chi connectivity index (χ3v) is 3.56. The Hall–Kier alpha value is -0.790. The molecule has 0 fully saturated rings. The third kappa shape index (κ3) is 3.86. The largest absolute Gasteiger partial charge is 0.388 e. The smallest absolute Gasteiger partial charge is 0.0790 e. The molecule has 1 aliphatic carbocycles. The van der Waals surface area contributed by atoms with Gasteiger partial charge in [0.15, 0.2) is 0 Å². The van der Waals surface area contributed by atoms with Crippen LogP contribution in [0.1, 0.15) is 37.7 Å². The van der Waals surface area contributed by atoms with Crippen molar-refractivity contribution in [1.29, 1.82) is 0 Å². The van der Waals surface area contributed by atoms with Gasteiger partial charge in [-0.25, -0.2) is 0 Å². The molecule has 1 N–H and O–H groups in total. The van der Waals surface area contributed by atoms with Gasteiger partial charge in [-0.3, -0.25) is 0 Å². The lowest BCUT2D eigenvalue weighted by atomic mass is 9.98. The number of rotatable bonds is 3. The van der Waals surface area contributed by atoms with E-state index in [1.54, 1.807) is 0 Å². The first kappa shape index (κ1) is 12.7. The van der Waals surface area contributed by atoms with Crippen LogP contribution in [0.3, 0.4) is 0 Å². The van der Waals surface area contributed by atoms with Gasteiger partial charge in [0.2, 0.25) is 0 Å². The lowest BCUT2D eigenvalue weighted by Gasteiger charge is -2.14. The minimum absolute atomic E-state index is 0.341. The van der Waals surface area contributed by atoms with E-state index >= 15 is 0 Å². The van der Waals surface area contributed by atoms with Crippen molar-refractivity contribution in [3.05, 3.63) is 46.5 Å². The van der Waals surface area contributed by atoms with Crippen LogP contribution in [0, 0.1) is 0 Å². The molecule has 92 valence electrons. The van der Waals surface area contributed by atoms with Crippen LogP contribution >= 0.6 is 11.6 Å². The van der Waals surface area contributed by atoms with E-state index in [9.17, 15) is 5.11 Å². The summed E-state index contributed by atoms with van der Waals surface area (Å²) in [6.45, 7) is 0. The van der Waals surface area contributed by atoms with E-state index in [-0.39, 0.29) is 6.10 Å². The molecule has 17 heavy (non-hydrogen) atoms. The van der Waals surface area contributed by atoms with E-state index in [0.29, 0.717) is 6.42 Å². The number of hydrogen-bond acceptors (Lipinski definition) is 1. The summed E-state index contributed by atoms with van der Waals surface area (Å²) < 4.78 is 0. The van der Waals surface area contributed by atoms with Crippen LogP contribution in [0.4, 0.5) is 0 Å². The molecule has 0 saturated heterocycles. The summed E-state index contributed by atoms with van der Waals surface area (Å²) >= 11 is 5.94. The molecular formula is C15H19ClO. The van der Waals surface area contributed by atoms with Crippen molar-refractivity contribution in [2.24, 2.45) is 0 Å². The minimum Gasteiger partial charge on any atom is -0.388 e. The molecule has 2 heteroatoms. The molecule has 2 rings (SSSR count). The summed E-state index contributed by atoms with van der Waals surface area (Å²) in [5.74, 6) is 0. The van der Waals surface area contributed by atoms with Gasteiger partial charge in [0.1, 0.15) is 0 Å². The molecule has 0 aromatic heterocycles. The molecule has 1 aromatic carbocycles. The second kappa shape index (κ2) is 6.23. The first-order chi connectivity index (χ1) is 8.25. The van der Waals surface area contributed by atoms with Crippen LogP contribution in [-0.2, 0) is 6.42 Å². The van der Waals surface area contributed by atoms with Gasteiger partial charge >= 0.3 is 0 Å². The number of aliphatic hydroxyl groups excluding tert-OH is 1. The Bertz CT molecular complexity index is 398. The van der Waals surface area contributed by atoms with Crippen molar-refractivity contribution in [1.82, 2.24) is 0 Å². The maximum Gasteiger partial charge on any atom is 0.0790 e. The quantitative estimate of drug-likeness (QED) is 0.800. The number of allylic oxidation sites excluding steroid dienone is 1. The van der Waals surface area contributed by atoms with E-state index in [1.807, 2.05) is 24.3 Å². The molecule has 0 amide bonds. The predicted octanol–water partition coefficient (Wildman–Crippen LogP) is 4.13. The van der Waals surface area contributed by atoms with Crippen LogP contribution in [0.25, 0.3) is 0 Å². The van der Waals surface area contributed by atoms with E-state index in [2.05, 4.69) is 6.08 Å². The monoisotopic (exact) mass is 250 g/mol. The molecule has 0 radical (unpaired) electrons. The molecule has 1 aromatic rings. The van der Waals surface area contributed by atoms with Crippen LogP contribution < -0.4 is 0 Å². The average molecular weight is 251 g/mol. The number of hydrogen-bond donors (Lipinski definition) is 1. The van der Waals surface area contributed by atoms with Crippen molar-refractivity contribution in [3.63, 3.8) is 0 Å². The maximum atomic E-state index is 10.2. The van der Waals surface area contributed by atoms with Crippen LogP contribution in [-0.4, -0.2) is 11.2 Å². The average Bonchev–Trinajstić information content (AvgIpc) is 2.57. The van der Waals surface area contributed by atoms with E-state index in [1.165, 1.54) is 24.8 Å². The summed E-state index contributed by atoms with van der Waals surface area (Å²) in [6.07, 6.45) is 8.46. The number of benzene rings is 1. The van der Waals surface area contributed by atoms with Gasteiger partial charge in [-0.15, -0.1) is 0 Å². The topological polar surface area (TPSA) is 20.2 Å². The molecule has 0 saturated carbocycles. The Kier molecular flexibility index (Phi) is 4.64. The van der Waals surface area contributed by atoms with E-state index in [0.717, 1.165) is 23.4 Å². The number of aliphatic hydroxyl groups is 1. The van der Waals surface area contributed by atoms with Crippen molar-refractivity contribution in [2.45, 2.75) is 44.6 Å². The summed E-state index contributed by atoms with van der Waals surface area (Å²) in [7, 11) is 0. The second-order valence-corrected chi connectivity index (χ2v) is 5.16. The van der Waals surface area contributed by atoms with E-state index in [4.69, 9.17) is 11.6 Å². The molecular weight excluding hydrogens is 232 g/mol. The highest BCUT2D eigenvalue weighted by Gasteiger charge is 2.13. The molecule has 0 spiro atoms. The third-order valence-electron chi connectivity index (χ3n) is 3.32. The molecule has 1 atom stereocenters. The maximum absolute atomic E-state index is 10.2. The lowest BCUT2D eigenvalue weighted by molar-refractivity contribution is 0.206. The van der Waals surface area contributed by atoms with Crippen molar-refractivity contribution in [2.75, 3.05) is 0 Å². The molecule has 1 aliphatic rings. The van der Waals surface area contributed by atoms with Gasteiger partial charge in [0.05, 0.1) is 6.10 Å². The van der Waals surface area contributed by atoms with Crippen molar-refractivity contribution >= 4 is 11.6 Å². The fraction of sp³-hybridized carbons (Fsp3) is 0.467. The van der Waals surface area contributed by atoms with Crippen LogP contribution in [0.15, 0.2) is 35.9 Å². The van der Waals surface area contributed by atoms with Gasteiger partial charge in [-0.2, -0.15) is 0 Å². The number of halogens is 1. The van der Waals surface area contributed by atoms with E-state index < -0.39 is 0 Å². The predicted molar refractivity (Wildman–Crippen MR) is 72.3 cm³/mol. The van der Waals surface area contributed by atoms with Gasteiger partial charge < -0.3 is 5.11 Å². The summed E-state index contributed by atoms with van der Waals surface area (Å²) in [5, 5.41) is 11.0. The fourth-order valence-corrected chi connectivity index (χ4v) is 2.57. The Balaban J connectivity index is 2.00. The Morgan fingerprint density at radius 3 is 2.94 bits per heavy atom. The summed E-state index contributed by atoms with van der Waals surface area (Å²) in [6, 6.07) is 7.75. The zero-order valence-corrected chi connectivity index (χ0v) is 10.8. The van der Waals surface area contributed by atoms with Crippen molar-refractivity contribution in [3.8, 4) is 0 Å². The van der Waals surface area contributed by atoms with Gasteiger partial charge in [0, 0.05) is 11.4 Å². The highest BCUT2D eigenvalue weighted by atomic mass is 35.5. The minimum atomic E-state index is -0.341. The molecule has 0 bridgehead atoms. The normalized spacial score (nSPS) is 18.4. The van der Waals surface area contributed by atoms with Crippen molar-refractivity contribution < 1.29 is 5.11 Å². The second-order valence-electron chi connectivity index (χ2n) is 4.73. The summed E-state index contributed by atoms with van der Waals surface area (Å²) in [4.78, 5) is 0. The lowest BCUT2D eigenvalue weighted by Crippen LogP contribution is -2.13. The highest BCUT2D eigenvalue weighted by Crippen LogP contribution is 2.22. The molecule has 0 heterocycles. The molecule has 0 aliphatic heterocycles. The fourth-order valence-electron chi connectivity index (χ4n) is 2.36. The first-order valence-corrected chi connectivity index (χ1v) is 6.75. The Morgan fingerprint density at radius 1 is 1.24 bits per heavy atom. The molecule has 1 nitrogen and oxygen atoms in total. The zero-order chi connectivity index (χ0) is 12.1. The van der Waals surface area contributed by atoms with Gasteiger partial charge in [0.25, 0.3) is 0 Å². The summed E-state index contributed by atoms with van der Waals surface area (Å²) in [5.41, 5.74) is 2.32. The standard InChI is InChI=1S/C15H19ClO/c16-14-9-5-6-12(10-14)11-15(17)13-7-3-1-2-4-8-13/h5-7,9-10,15,17H,1-4,8,11H2. The first-order valence-electron chi connectivity index (χ1n) is 6.37. The Morgan fingerprint density at radius 2 is 2.12 bits per heavy atom. The zero-order valence-electron chi connectivity index (χ0n) is 10.0. The van der Waals surface area contributed by atoms with Crippen LogP contribution in [0.5, 0.6) is 0 Å². The highest BCUT2D eigenvalue weighted by molar-refractivity contribution is 6.30. The molecule has 1 unspecified atom stereocenters. The SMILES string of the molecule is OC(Cc1cccc(Cl)c1)C1=CCCCCC1.